The van der Waals surface area contributed by atoms with Crippen LogP contribution in [0.5, 0.6) is 0 Å². The Hall–Kier alpha value is -3.34. The van der Waals surface area contributed by atoms with Gasteiger partial charge in [0.1, 0.15) is 10.7 Å². The first kappa shape index (κ1) is 20.9. The van der Waals surface area contributed by atoms with Crippen LogP contribution in [0.2, 0.25) is 0 Å². The van der Waals surface area contributed by atoms with Gasteiger partial charge in [-0.15, -0.1) is 22.0 Å². The van der Waals surface area contributed by atoms with Gasteiger partial charge >= 0.3 is 0 Å². The zero-order valence-electron chi connectivity index (χ0n) is 16.5. The average Bonchev–Trinajstić information content (AvgIpc) is 2.82. The maximum absolute atomic E-state index is 12.6. The SMILES string of the molecule is N#CCSc1ccccc1NC(=O)CSc1nnc(-c2ccccc2)c2ccccc12. The second-order valence-corrected chi connectivity index (χ2v) is 8.53. The van der Waals surface area contributed by atoms with Gasteiger partial charge in [0.25, 0.3) is 0 Å². The van der Waals surface area contributed by atoms with Crippen LogP contribution >= 0.6 is 23.5 Å². The third-order valence-corrected chi connectivity index (χ3v) is 6.42. The fraction of sp³-hybridized carbons (Fsp3) is 0.0833. The van der Waals surface area contributed by atoms with Gasteiger partial charge in [0, 0.05) is 21.2 Å². The quantitative estimate of drug-likeness (QED) is 0.373. The summed E-state index contributed by atoms with van der Waals surface area (Å²) in [5, 5.41) is 23.3. The molecule has 3 aromatic carbocycles. The molecule has 0 bridgehead atoms. The van der Waals surface area contributed by atoms with Crippen molar-refractivity contribution in [3.8, 4) is 17.3 Å². The fourth-order valence-electron chi connectivity index (χ4n) is 3.12. The molecule has 1 N–H and O–H groups in total. The molecule has 0 spiro atoms. The molecule has 0 aliphatic rings. The highest BCUT2D eigenvalue weighted by molar-refractivity contribution is 8.00. The van der Waals surface area contributed by atoms with E-state index in [1.54, 1.807) is 0 Å². The number of para-hydroxylation sites is 1. The molecule has 1 aromatic heterocycles. The lowest BCUT2D eigenvalue weighted by Crippen LogP contribution is -2.14. The molecule has 0 aliphatic carbocycles. The monoisotopic (exact) mass is 442 g/mol. The van der Waals surface area contributed by atoms with Crippen molar-refractivity contribution >= 4 is 45.9 Å². The van der Waals surface area contributed by atoms with E-state index in [-0.39, 0.29) is 11.7 Å². The molecule has 0 fully saturated rings. The van der Waals surface area contributed by atoms with Gasteiger partial charge in [0.15, 0.2) is 0 Å². The Morgan fingerprint density at radius 1 is 0.871 bits per heavy atom. The molecule has 1 amide bonds. The highest BCUT2D eigenvalue weighted by atomic mass is 32.2. The number of nitriles is 1. The van der Waals surface area contributed by atoms with Crippen LogP contribution in [0, 0.1) is 11.3 Å². The number of thioether (sulfide) groups is 2. The van der Waals surface area contributed by atoms with Crippen molar-refractivity contribution in [2.75, 3.05) is 16.8 Å². The molecule has 152 valence electrons. The standard InChI is InChI=1S/C24H18N4OS2/c25-14-15-30-21-13-7-6-12-20(21)26-22(29)16-31-24-19-11-5-4-10-18(19)23(27-28-24)17-8-2-1-3-9-17/h1-13H,15-16H2,(H,26,29). The van der Waals surface area contributed by atoms with Crippen molar-refractivity contribution in [3.05, 3.63) is 78.9 Å². The van der Waals surface area contributed by atoms with E-state index in [1.165, 1.54) is 23.5 Å². The molecule has 0 aliphatic heterocycles. The summed E-state index contributed by atoms with van der Waals surface area (Å²) in [5.74, 6) is 0.408. The summed E-state index contributed by atoms with van der Waals surface area (Å²) in [6, 6.07) is 27.5. The predicted octanol–water partition coefficient (Wildman–Crippen LogP) is 5.64. The number of carbonyl (C=O) groups excluding carboxylic acids is 1. The molecule has 0 radical (unpaired) electrons. The van der Waals surface area contributed by atoms with Crippen LogP contribution in [0.25, 0.3) is 22.0 Å². The van der Waals surface area contributed by atoms with Crippen LogP contribution in [-0.4, -0.2) is 27.6 Å². The number of benzene rings is 3. The third-order valence-electron chi connectivity index (χ3n) is 4.49. The zero-order valence-corrected chi connectivity index (χ0v) is 18.1. The van der Waals surface area contributed by atoms with E-state index >= 15 is 0 Å². The fourth-order valence-corrected chi connectivity index (χ4v) is 4.56. The van der Waals surface area contributed by atoms with Crippen molar-refractivity contribution in [3.63, 3.8) is 0 Å². The summed E-state index contributed by atoms with van der Waals surface area (Å²) < 4.78 is 0. The van der Waals surface area contributed by atoms with E-state index in [9.17, 15) is 4.79 Å². The van der Waals surface area contributed by atoms with Gasteiger partial charge in [-0.3, -0.25) is 4.79 Å². The molecule has 4 rings (SSSR count). The zero-order chi connectivity index (χ0) is 21.5. The molecule has 1 heterocycles. The first-order chi connectivity index (χ1) is 15.3. The number of fused-ring (bicyclic) bond motifs is 1. The van der Waals surface area contributed by atoms with Crippen LogP contribution in [0.15, 0.2) is 88.8 Å². The number of anilines is 1. The van der Waals surface area contributed by atoms with Crippen LogP contribution in [0.4, 0.5) is 5.69 Å². The highest BCUT2D eigenvalue weighted by Gasteiger charge is 2.13. The number of carbonyl (C=O) groups is 1. The summed E-state index contributed by atoms with van der Waals surface area (Å²) in [6.07, 6.45) is 0. The summed E-state index contributed by atoms with van der Waals surface area (Å²) in [6.45, 7) is 0. The first-order valence-corrected chi connectivity index (χ1v) is 11.6. The molecule has 0 unspecified atom stereocenters. The Morgan fingerprint density at radius 3 is 2.39 bits per heavy atom. The molecular weight excluding hydrogens is 424 g/mol. The van der Waals surface area contributed by atoms with Gasteiger partial charge in [0.05, 0.1) is 23.3 Å². The van der Waals surface area contributed by atoms with Crippen molar-refractivity contribution in [1.82, 2.24) is 10.2 Å². The van der Waals surface area contributed by atoms with Crippen molar-refractivity contribution in [1.29, 1.82) is 5.26 Å². The van der Waals surface area contributed by atoms with Crippen molar-refractivity contribution in [2.45, 2.75) is 9.92 Å². The molecule has 5 nitrogen and oxygen atoms in total. The molecule has 0 saturated heterocycles. The van der Waals surface area contributed by atoms with E-state index in [1.807, 2.05) is 78.9 Å². The van der Waals surface area contributed by atoms with Gasteiger partial charge < -0.3 is 5.32 Å². The topological polar surface area (TPSA) is 78.7 Å². The van der Waals surface area contributed by atoms with Crippen LogP contribution in [0.3, 0.4) is 0 Å². The molecule has 4 aromatic rings. The maximum atomic E-state index is 12.6. The molecule has 0 saturated carbocycles. The Balaban J connectivity index is 1.52. The Bertz CT molecular complexity index is 1260. The largest absolute Gasteiger partial charge is 0.324 e. The molecule has 31 heavy (non-hydrogen) atoms. The summed E-state index contributed by atoms with van der Waals surface area (Å²) in [4.78, 5) is 13.5. The van der Waals surface area contributed by atoms with Crippen LogP contribution < -0.4 is 5.32 Å². The lowest BCUT2D eigenvalue weighted by molar-refractivity contribution is -0.113. The van der Waals surface area contributed by atoms with E-state index in [0.717, 1.165) is 32.0 Å². The smallest absolute Gasteiger partial charge is 0.234 e. The molecule has 7 heteroatoms. The van der Waals surface area contributed by atoms with E-state index in [0.29, 0.717) is 11.4 Å². The van der Waals surface area contributed by atoms with Crippen LogP contribution in [-0.2, 0) is 4.79 Å². The van der Waals surface area contributed by atoms with Gasteiger partial charge in [-0.25, -0.2) is 0 Å². The number of hydrogen-bond acceptors (Lipinski definition) is 6. The Morgan fingerprint density at radius 2 is 1.58 bits per heavy atom. The van der Waals surface area contributed by atoms with E-state index < -0.39 is 0 Å². The minimum absolute atomic E-state index is 0.131. The summed E-state index contributed by atoms with van der Waals surface area (Å²) in [5.41, 5.74) is 2.55. The molecular formula is C24H18N4OS2. The van der Waals surface area contributed by atoms with Crippen molar-refractivity contribution < 1.29 is 4.79 Å². The number of hydrogen-bond donors (Lipinski definition) is 1. The van der Waals surface area contributed by atoms with Gasteiger partial charge in [0.2, 0.25) is 5.91 Å². The highest BCUT2D eigenvalue weighted by Crippen LogP contribution is 2.32. The number of nitrogens with zero attached hydrogens (tertiary/aromatic N) is 3. The normalized spacial score (nSPS) is 10.5. The maximum Gasteiger partial charge on any atom is 0.234 e. The first-order valence-electron chi connectivity index (χ1n) is 9.58. The number of aromatic nitrogens is 2. The number of rotatable bonds is 7. The summed E-state index contributed by atoms with van der Waals surface area (Å²) in [7, 11) is 0. The van der Waals surface area contributed by atoms with Crippen LogP contribution in [0.1, 0.15) is 0 Å². The van der Waals surface area contributed by atoms with E-state index in [2.05, 4.69) is 21.6 Å². The Kier molecular flexibility index (Phi) is 6.82. The minimum atomic E-state index is -0.131. The predicted molar refractivity (Wildman–Crippen MR) is 127 cm³/mol. The van der Waals surface area contributed by atoms with Gasteiger partial charge in [-0.2, -0.15) is 5.26 Å². The molecule has 0 atom stereocenters. The van der Waals surface area contributed by atoms with E-state index in [4.69, 9.17) is 5.26 Å². The second kappa shape index (κ2) is 10.1. The Labute approximate surface area is 188 Å². The van der Waals surface area contributed by atoms with Crippen molar-refractivity contribution in [2.24, 2.45) is 0 Å². The van der Waals surface area contributed by atoms with Gasteiger partial charge in [-0.05, 0) is 12.1 Å². The number of nitrogens with one attached hydrogen (secondary N) is 1. The average molecular weight is 443 g/mol. The summed E-state index contributed by atoms with van der Waals surface area (Å²) >= 11 is 2.76. The minimum Gasteiger partial charge on any atom is -0.324 e. The number of amides is 1. The lowest BCUT2D eigenvalue weighted by Gasteiger charge is -2.11. The third kappa shape index (κ3) is 5.05. The van der Waals surface area contributed by atoms with Gasteiger partial charge in [-0.1, -0.05) is 78.5 Å². The lowest BCUT2D eigenvalue weighted by atomic mass is 10.1. The second-order valence-electron chi connectivity index (χ2n) is 6.55.